The number of rotatable bonds is 0. The molecule has 2 nitrogen and oxygen atoms in total. The van der Waals surface area contributed by atoms with Crippen LogP contribution in [0.1, 0.15) is 23.6 Å². The number of hydrogen-bond donors (Lipinski definition) is 1. The van der Waals surface area contributed by atoms with Crippen LogP contribution in [0.2, 0.25) is 0 Å². The fraction of sp³-hybridized carbons (Fsp3) is 0.467. The summed E-state index contributed by atoms with van der Waals surface area (Å²) < 4.78 is 0. The molecule has 2 aliphatic rings. The number of aromatic amines is 1. The van der Waals surface area contributed by atoms with Crippen molar-refractivity contribution in [3.8, 4) is 0 Å². The van der Waals surface area contributed by atoms with E-state index in [1.807, 2.05) is 0 Å². The van der Waals surface area contributed by atoms with Gasteiger partial charge in [-0.1, -0.05) is 18.2 Å². The second kappa shape index (κ2) is 3.36. The van der Waals surface area contributed by atoms with E-state index in [-0.39, 0.29) is 0 Å². The number of para-hydroxylation sites is 1. The Morgan fingerprint density at radius 1 is 1.24 bits per heavy atom. The molecule has 1 aliphatic carbocycles. The summed E-state index contributed by atoms with van der Waals surface area (Å²) in [5.74, 6) is 1.65. The van der Waals surface area contributed by atoms with E-state index in [0.29, 0.717) is 0 Å². The van der Waals surface area contributed by atoms with E-state index < -0.39 is 0 Å². The second-order valence-corrected chi connectivity index (χ2v) is 5.69. The molecule has 1 N–H and O–H groups in total. The molecular formula is C15H18N2. The molecule has 0 radical (unpaired) electrons. The Morgan fingerprint density at radius 2 is 2.12 bits per heavy atom. The zero-order valence-corrected chi connectivity index (χ0v) is 10.2. The molecule has 2 heteroatoms. The number of likely N-dealkylation sites (tertiary alicyclic amines) is 1. The lowest BCUT2D eigenvalue weighted by Gasteiger charge is -2.24. The predicted octanol–water partition coefficient (Wildman–Crippen LogP) is 2.76. The molecule has 0 bridgehead atoms. The van der Waals surface area contributed by atoms with Crippen molar-refractivity contribution in [3.05, 3.63) is 35.5 Å². The SMILES string of the molecule is CN1C[C@@H]2CCc3[nH]c4ccccc4c3[C@H]2C1. The summed E-state index contributed by atoms with van der Waals surface area (Å²) in [6.07, 6.45) is 2.59. The summed E-state index contributed by atoms with van der Waals surface area (Å²) in [7, 11) is 2.26. The smallest absolute Gasteiger partial charge is 0.0459 e. The van der Waals surface area contributed by atoms with Crippen LogP contribution in [0.15, 0.2) is 24.3 Å². The highest BCUT2D eigenvalue weighted by Gasteiger charge is 2.37. The molecule has 0 saturated carbocycles. The van der Waals surface area contributed by atoms with E-state index in [2.05, 4.69) is 41.2 Å². The standard InChI is InChI=1S/C15H18N2/c1-17-8-10-6-7-14-15(12(10)9-17)11-4-2-3-5-13(11)16-14/h2-5,10,12,16H,6-9H2,1H3/t10-,12-/m0/s1. The van der Waals surface area contributed by atoms with Gasteiger partial charge >= 0.3 is 0 Å². The van der Waals surface area contributed by atoms with Gasteiger partial charge in [-0.2, -0.15) is 0 Å². The molecule has 2 atom stereocenters. The predicted molar refractivity (Wildman–Crippen MR) is 70.3 cm³/mol. The van der Waals surface area contributed by atoms with Gasteiger partial charge in [-0.25, -0.2) is 0 Å². The molecular weight excluding hydrogens is 208 g/mol. The maximum absolute atomic E-state index is 3.62. The Labute approximate surface area is 102 Å². The van der Waals surface area contributed by atoms with Gasteiger partial charge in [-0.3, -0.25) is 0 Å². The molecule has 1 aromatic carbocycles. The number of aryl methyl sites for hydroxylation is 1. The molecule has 88 valence electrons. The molecule has 1 saturated heterocycles. The zero-order valence-electron chi connectivity index (χ0n) is 10.2. The average molecular weight is 226 g/mol. The van der Waals surface area contributed by atoms with Crippen LogP contribution in [-0.2, 0) is 6.42 Å². The van der Waals surface area contributed by atoms with Crippen LogP contribution in [0.4, 0.5) is 0 Å². The van der Waals surface area contributed by atoms with Gasteiger partial charge in [0.15, 0.2) is 0 Å². The maximum Gasteiger partial charge on any atom is 0.0459 e. The minimum Gasteiger partial charge on any atom is -0.358 e. The van der Waals surface area contributed by atoms with E-state index in [0.717, 1.165) is 11.8 Å². The third-order valence-electron chi connectivity index (χ3n) is 4.59. The van der Waals surface area contributed by atoms with Crippen molar-refractivity contribution in [2.75, 3.05) is 20.1 Å². The van der Waals surface area contributed by atoms with Crippen molar-refractivity contribution in [2.24, 2.45) is 5.92 Å². The molecule has 0 amide bonds. The fourth-order valence-corrected chi connectivity index (χ4v) is 3.88. The number of nitrogens with one attached hydrogen (secondary N) is 1. The van der Waals surface area contributed by atoms with Crippen molar-refractivity contribution < 1.29 is 0 Å². The maximum atomic E-state index is 3.62. The van der Waals surface area contributed by atoms with Gasteiger partial charge in [0.05, 0.1) is 0 Å². The summed E-state index contributed by atoms with van der Waals surface area (Å²) in [5.41, 5.74) is 4.46. The van der Waals surface area contributed by atoms with E-state index in [9.17, 15) is 0 Å². The van der Waals surface area contributed by atoms with Gasteiger partial charge in [0.1, 0.15) is 0 Å². The van der Waals surface area contributed by atoms with Crippen molar-refractivity contribution in [2.45, 2.75) is 18.8 Å². The summed E-state index contributed by atoms with van der Waals surface area (Å²) >= 11 is 0. The zero-order chi connectivity index (χ0) is 11.4. The van der Waals surface area contributed by atoms with Crippen LogP contribution in [-0.4, -0.2) is 30.0 Å². The highest BCUT2D eigenvalue weighted by Crippen LogP contribution is 2.43. The third-order valence-corrected chi connectivity index (χ3v) is 4.59. The molecule has 0 spiro atoms. The number of nitrogens with zero attached hydrogens (tertiary/aromatic N) is 1. The normalized spacial score (nSPS) is 28.3. The highest BCUT2D eigenvalue weighted by molar-refractivity contribution is 5.85. The first kappa shape index (κ1) is 9.72. The van der Waals surface area contributed by atoms with Crippen molar-refractivity contribution in [3.63, 3.8) is 0 Å². The van der Waals surface area contributed by atoms with Crippen LogP contribution in [0.3, 0.4) is 0 Å². The lowest BCUT2D eigenvalue weighted by atomic mass is 9.79. The van der Waals surface area contributed by atoms with Crippen LogP contribution in [0.25, 0.3) is 10.9 Å². The molecule has 1 aromatic heterocycles. The Bertz CT molecular complexity index is 569. The summed E-state index contributed by atoms with van der Waals surface area (Å²) in [4.78, 5) is 6.12. The number of H-pyrrole nitrogens is 1. The fourth-order valence-electron chi connectivity index (χ4n) is 3.88. The van der Waals surface area contributed by atoms with E-state index >= 15 is 0 Å². The molecule has 1 aliphatic heterocycles. The number of aromatic nitrogens is 1. The Balaban J connectivity index is 1.94. The Morgan fingerprint density at radius 3 is 3.06 bits per heavy atom. The molecule has 4 rings (SSSR count). The van der Waals surface area contributed by atoms with E-state index in [4.69, 9.17) is 0 Å². The topological polar surface area (TPSA) is 19.0 Å². The lowest BCUT2D eigenvalue weighted by Crippen LogP contribution is -2.18. The molecule has 2 aromatic rings. The minimum absolute atomic E-state index is 0.764. The summed E-state index contributed by atoms with van der Waals surface area (Å²) in [6, 6.07) is 8.79. The first-order valence-electron chi connectivity index (χ1n) is 6.61. The van der Waals surface area contributed by atoms with Crippen LogP contribution in [0.5, 0.6) is 0 Å². The van der Waals surface area contributed by atoms with Crippen LogP contribution >= 0.6 is 0 Å². The first-order valence-corrected chi connectivity index (χ1v) is 6.61. The largest absolute Gasteiger partial charge is 0.358 e. The lowest BCUT2D eigenvalue weighted by molar-refractivity contribution is 0.386. The van der Waals surface area contributed by atoms with Crippen molar-refractivity contribution >= 4 is 10.9 Å². The van der Waals surface area contributed by atoms with Crippen LogP contribution < -0.4 is 0 Å². The van der Waals surface area contributed by atoms with Crippen molar-refractivity contribution in [1.82, 2.24) is 9.88 Å². The van der Waals surface area contributed by atoms with Gasteiger partial charge < -0.3 is 9.88 Å². The number of likely N-dealkylation sites (N-methyl/N-ethyl adjacent to an activating group) is 1. The van der Waals surface area contributed by atoms with Gasteiger partial charge in [-0.15, -0.1) is 0 Å². The van der Waals surface area contributed by atoms with Gasteiger partial charge in [0, 0.05) is 35.6 Å². The van der Waals surface area contributed by atoms with Crippen molar-refractivity contribution in [1.29, 1.82) is 0 Å². The van der Waals surface area contributed by atoms with E-state index in [1.54, 1.807) is 5.56 Å². The van der Waals surface area contributed by atoms with Gasteiger partial charge in [0.25, 0.3) is 0 Å². The monoisotopic (exact) mass is 226 g/mol. The molecule has 1 fully saturated rings. The molecule has 17 heavy (non-hydrogen) atoms. The molecule has 2 heterocycles. The van der Waals surface area contributed by atoms with E-state index in [1.165, 1.54) is 42.5 Å². The first-order chi connectivity index (χ1) is 8.33. The third kappa shape index (κ3) is 1.31. The van der Waals surface area contributed by atoms with Crippen LogP contribution in [0, 0.1) is 5.92 Å². The van der Waals surface area contributed by atoms with Gasteiger partial charge in [-0.05, 0) is 37.4 Å². The Kier molecular flexibility index (Phi) is 1.92. The molecule has 0 unspecified atom stereocenters. The number of hydrogen-bond acceptors (Lipinski definition) is 1. The quantitative estimate of drug-likeness (QED) is 0.732. The Hall–Kier alpha value is -1.28. The van der Waals surface area contributed by atoms with Gasteiger partial charge in [0.2, 0.25) is 0 Å². The number of benzene rings is 1. The number of fused-ring (bicyclic) bond motifs is 5. The summed E-state index contributed by atoms with van der Waals surface area (Å²) in [5, 5.41) is 1.47. The highest BCUT2D eigenvalue weighted by atomic mass is 15.1. The average Bonchev–Trinajstić information content (AvgIpc) is 2.87. The summed E-state index contributed by atoms with van der Waals surface area (Å²) in [6.45, 7) is 2.52. The second-order valence-electron chi connectivity index (χ2n) is 5.69. The minimum atomic E-state index is 0.764.